The molecule has 3 unspecified atom stereocenters. The Labute approximate surface area is 104 Å². The first kappa shape index (κ1) is 14.5. The zero-order valence-corrected chi connectivity index (χ0v) is 11.1. The molecule has 3 N–H and O–H groups in total. The van der Waals surface area contributed by atoms with E-state index in [4.69, 9.17) is 10.5 Å². The van der Waals surface area contributed by atoms with Gasteiger partial charge in [-0.05, 0) is 12.3 Å². The van der Waals surface area contributed by atoms with Crippen molar-refractivity contribution >= 4 is 5.91 Å². The molecule has 1 saturated heterocycles. The minimum atomic E-state index is -0.154. The Balaban J connectivity index is 2.25. The molecule has 0 saturated carbocycles. The highest BCUT2D eigenvalue weighted by Gasteiger charge is 2.31. The van der Waals surface area contributed by atoms with E-state index in [1.165, 1.54) is 19.3 Å². The van der Waals surface area contributed by atoms with Crippen LogP contribution in [0.15, 0.2) is 0 Å². The summed E-state index contributed by atoms with van der Waals surface area (Å²) in [6.07, 6.45) is 4.76. The third kappa shape index (κ3) is 4.64. The first-order valence-electron chi connectivity index (χ1n) is 6.80. The lowest BCUT2D eigenvalue weighted by Crippen LogP contribution is -2.42. The smallest absolute Gasteiger partial charge is 0.227 e. The number of rotatable bonds is 7. The van der Waals surface area contributed by atoms with Crippen molar-refractivity contribution in [2.24, 2.45) is 17.6 Å². The standard InChI is InChI=1S/C13H26N2O2/c1-3-5-6-10(4-2)7-15-13(16)11-8-17-9-12(11)14/h10-12H,3-9,14H2,1-2H3,(H,15,16). The van der Waals surface area contributed by atoms with Gasteiger partial charge in [-0.3, -0.25) is 4.79 Å². The van der Waals surface area contributed by atoms with Gasteiger partial charge in [-0.25, -0.2) is 0 Å². The summed E-state index contributed by atoms with van der Waals surface area (Å²) in [5.74, 6) is 0.501. The second-order valence-electron chi connectivity index (χ2n) is 4.97. The van der Waals surface area contributed by atoms with Crippen LogP contribution in [0.25, 0.3) is 0 Å². The lowest BCUT2D eigenvalue weighted by atomic mass is 9.98. The molecule has 0 spiro atoms. The van der Waals surface area contributed by atoms with Crippen LogP contribution in [0.4, 0.5) is 0 Å². The second kappa shape index (κ2) is 7.67. The van der Waals surface area contributed by atoms with E-state index in [1.54, 1.807) is 0 Å². The summed E-state index contributed by atoms with van der Waals surface area (Å²) in [4.78, 5) is 11.9. The minimum Gasteiger partial charge on any atom is -0.379 e. The van der Waals surface area contributed by atoms with E-state index in [2.05, 4.69) is 19.2 Å². The highest BCUT2D eigenvalue weighted by molar-refractivity contribution is 5.79. The monoisotopic (exact) mass is 242 g/mol. The van der Waals surface area contributed by atoms with Gasteiger partial charge in [0.25, 0.3) is 0 Å². The number of hydrogen-bond acceptors (Lipinski definition) is 3. The quantitative estimate of drug-likeness (QED) is 0.707. The number of nitrogens with one attached hydrogen (secondary N) is 1. The number of ether oxygens (including phenoxy) is 1. The van der Waals surface area contributed by atoms with Crippen molar-refractivity contribution in [1.29, 1.82) is 0 Å². The summed E-state index contributed by atoms with van der Waals surface area (Å²) in [5, 5.41) is 3.02. The molecule has 100 valence electrons. The van der Waals surface area contributed by atoms with Crippen LogP contribution in [0.3, 0.4) is 0 Å². The van der Waals surface area contributed by atoms with E-state index in [-0.39, 0.29) is 17.9 Å². The van der Waals surface area contributed by atoms with Gasteiger partial charge in [-0.1, -0.05) is 33.1 Å². The van der Waals surface area contributed by atoms with Crippen molar-refractivity contribution in [1.82, 2.24) is 5.32 Å². The first-order valence-corrected chi connectivity index (χ1v) is 6.80. The molecule has 0 aromatic rings. The number of nitrogens with two attached hydrogens (primary N) is 1. The molecule has 1 fully saturated rings. The summed E-state index contributed by atoms with van der Waals surface area (Å²) in [7, 11) is 0. The van der Waals surface area contributed by atoms with Gasteiger partial charge in [0, 0.05) is 12.6 Å². The average Bonchev–Trinajstić information content (AvgIpc) is 2.75. The molecule has 4 heteroatoms. The fourth-order valence-corrected chi connectivity index (χ4v) is 2.16. The fraction of sp³-hybridized carbons (Fsp3) is 0.923. The van der Waals surface area contributed by atoms with Gasteiger partial charge >= 0.3 is 0 Å². The van der Waals surface area contributed by atoms with E-state index in [1.807, 2.05) is 0 Å². The number of amides is 1. The van der Waals surface area contributed by atoms with E-state index < -0.39 is 0 Å². The van der Waals surface area contributed by atoms with Crippen LogP contribution in [0.2, 0.25) is 0 Å². The first-order chi connectivity index (χ1) is 8.19. The number of unbranched alkanes of at least 4 members (excludes halogenated alkanes) is 1. The van der Waals surface area contributed by atoms with E-state index in [0.29, 0.717) is 19.1 Å². The third-order valence-electron chi connectivity index (χ3n) is 3.57. The molecule has 3 atom stereocenters. The Kier molecular flexibility index (Phi) is 6.52. The van der Waals surface area contributed by atoms with Gasteiger partial charge in [-0.15, -0.1) is 0 Å². The van der Waals surface area contributed by atoms with E-state index in [0.717, 1.165) is 13.0 Å². The van der Waals surface area contributed by atoms with Gasteiger partial charge in [0.15, 0.2) is 0 Å². The van der Waals surface area contributed by atoms with Gasteiger partial charge in [-0.2, -0.15) is 0 Å². The molecule has 4 nitrogen and oxygen atoms in total. The van der Waals surface area contributed by atoms with Crippen molar-refractivity contribution in [3.63, 3.8) is 0 Å². The summed E-state index contributed by atoms with van der Waals surface area (Å²) in [5.41, 5.74) is 5.81. The lowest BCUT2D eigenvalue weighted by molar-refractivity contribution is -0.125. The van der Waals surface area contributed by atoms with Crippen molar-refractivity contribution in [2.45, 2.75) is 45.6 Å². The summed E-state index contributed by atoms with van der Waals surface area (Å²) >= 11 is 0. The lowest BCUT2D eigenvalue weighted by Gasteiger charge is -2.18. The highest BCUT2D eigenvalue weighted by atomic mass is 16.5. The van der Waals surface area contributed by atoms with Gasteiger partial charge in [0.1, 0.15) is 0 Å². The van der Waals surface area contributed by atoms with Gasteiger partial charge in [0.05, 0.1) is 19.1 Å². The molecule has 0 aliphatic carbocycles. The second-order valence-corrected chi connectivity index (χ2v) is 4.97. The third-order valence-corrected chi connectivity index (χ3v) is 3.57. The number of hydrogen-bond donors (Lipinski definition) is 2. The largest absolute Gasteiger partial charge is 0.379 e. The number of carbonyl (C=O) groups excluding carboxylic acids is 1. The van der Waals surface area contributed by atoms with Gasteiger partial charge < -0.3 is 15.8 Å². The SMILES string of the molecule is CCCCC(CC)CNC(=O)C1COCC1N. The maximum atomic E-state index is 11.9. The molecule has 1 amide bonds. The van der Waals surface area contributed by atoms with E-state index in [9.17, 15) is 4.79 Å². The highest BCUT2D eigenvalue weighted by Crippen LogP contribution is 2.14. The summed E-state index contributed by atoms with van der Waals surface area (Å²) in [6.45, 7) is 6.12. The van der Waals surface area contributed by atoms with Crippen LogP contribution in [-0.4, -0.2) is 31.7 Å². The number of carbonyl (C=O) groups is 1. The molecule has 0 aromatic carbocycles. The zero-order valence-electron chi connectivity index (χ0n) is 11.1. The van der Waals surface area contributed by atoms with Crippen LogP contribution in [0, 0.1) is 11.8 Å². The minimum absolute atomic E-state index is 0.0601. The molecular weight excluding hydrogens is 216 g/mol. The molecule has 0 bridgehead atoms. The molecule has 0 radical (unpaired) electrons. The predicted molar refractivity (Wildman–Crippen MR) is 68.6 cm³/mol. The molecule has 1 heterocycles. The Morgan fingerprint density at radius 2 is 2.24 bits per heavy atom. The Morgan fingerprint density at radius 3 is 2.76 bits per heavy atom. The molecule has 0 aromatic heterocycles. The average molecular weight is 242 g/mol. The molecule has 1 aliphatic rings. The molecular formula is C13H26N2O2. The maximum Gasteiger partial charge on any atom is 0.227 e. The topological polar surface area (TPSA) is 64.3 Å². The van der Waals surface area contributed by atoms with Gasteiger partial charge in [0.2, 0.25) is 5.91 Å². The Hall–Kier alpha value is -0.610. The maximum absolute atomic E-state index is 11.9. The summed E-state index contributed by atoms with van der Waals surface area (Å²) < 4.78 is 5.20. The Bertz CT molecular complexity index is 233. The molecule has 17 heavy (non-hydrogen) atoms. The van der Waals surface area contributed by atoms with Crippen molar-refractivity contribution in [3.05, 3.63) is 0 Å². The van der Waals surface area contributed by atoms with Crippen LogP contribution < -0.4 is 11.1 Å². The van der Waals surface area contributed by atoms with Crippen molar-refractivity contribution in [2.75, 3.05) is 19.8 Å². The fourth-order valence-electron chi connectivity index (χ4n) is 2.16. The Morgan fingerprint density at radius 1 is 1.47 bits per heavy atom. The van der Waals surface area contributed by atoms with E-state index >= 15 is 0 Å². The van der Waals surface area contributed by atoms with Crippen LogP contribution in [0.5, 0.6) is 0 Å². The predicted octanol–water partition coefficient (Wildman–Crippen LogP) is 1.29. The van der Waals surface area contributed by atoms with Crippen LogP contribution in [-0.2, 0) is 9.53 Å². The summed E-state index contributed by atoms with van der Waals surface area (Å²) in [6, 6.07) is -0.134. The van der Waals surface area contributed by atoms with Crippen LogP contribution >= 0.6 is 0 Å². The normalized spacial score (nSPS) is 25.8. The zero-order chi connectivity index (χ0) is 12.7. The van der Waals surface area contributed by atoms with Crippen LogP contribution in [0.1, 0.15) is 39.5 Å². The molecule has 1 aliphatic heterocycles. The molecule has 1 rings (SSSR count). The van der Waals surface area contributed by atoms with Crippen molar-refractivity contribution < 1.29 is 9.53 Å². The van der Waals surface area contributed by atoms with Crippen molar-refractivity contribution in [3.8, 4) is 0 Å².